The molecule has 2 aromatic rings. The first-order valence-corrected chi connectivity index (χ1v) is 8.55. The molecule has 0 aliphatic carbocycles. The van der Waals surface area contributed by atoms with Crippen LogP contribution in [0.15, 0.2) is 36.4 Å². The second-order valence-electron chi connectivity index (χ2n) is 5.82. The van der Waals surface area contributed by atoms with Gasteiger partial charge in [-0.15, -0.1) is 0 Å². The molecule has 1 aliphatic heterocycles. The third-order valence-corrected chi connectivity index (χ3v) is 4.23. The van der Waals surface area contributed by atoms with Crippen LogP contribution < -0.4 is 19.5 Å². The number of amides is 1. The lowest BCUT2D eigenvalue weighted by atomic mass is 10.1. The van der Waals surface area contributed by atoms with Crippen LogP contribution in [0.5, 0.6) is 17.2 Å². The Hall–Kier alpha value is -2.93. The Morgan fingerprint density at radius 3 is 2.74 bits per heavy atom. The largest absolute Gasteiger partial charge is 0.496 e. The van der Waals surface area contributed by atoms with Gasteiger partial charge in [0.25, 0.3) is 5.91 Å². The van der Waals surface area contributed by atoms with E-state index in [1.165, 1.54) is 13.2 Å². The average Bonchev–Trinajstić information content (AvgIpc) is 3.13. The molecule has 1 amide bonds. The van der Waals surface area contributed by atoms with Gasteiger partial charge in [0.15, 0.2) is 18.1 Å². The molecule has 1 heterocycles. The first-order chi connectivity index (χ1) is 13.0. The van der Waals surface area contributed by atoms with Gasteiger partial charge in [-0.05, 0) is 42.8 Å². The molecule has 0 bridgehead atoms. The normalized spacial score (nSPS) is 13.0. The predicted molar refractivity (Wildman–Crippen MR) is 97.4 cm³/mol. The summed E-state index contributed by atoms with van der Waals surface area (Å²) in [7, 11) is 1.43. The van der Waals surface area contributed by atoms with Gasteiger partial charge in [-0.3, -0.25) is 4.79 Å². The number of fused-ring (bicyclic) bond motifs is 1. The number of carbonyl (C=O) groups excluding carboxylic acids is 2. The van der Waals surface area contributed by atoms with Crippen molar-refractivity contribution in [2.24, 2.45) is 0 Å². The summed E-state index contributed by atoms with van der Waals surface area (Å²) in [6, 6.07) is 9.70. The SMILES string of the molecule is COc1ccc(Cl)cc1C(=O)OCC(=O)N[C@H](C)c1ccc2c(c1)OCO2. The van der Waals surface area contributed by atoms with Crippen LogP contribution in [-0.2, 0) is 9.53 Å². The van der Waals surface area contributed by atoms with E-state index in [1.807, 2.05) is 13.0 Å². The van der Waals surface area contributed by atoms with E-state index in [2.05, 4.69) is 5.32 Å². The molecule has 8 heteroatoms. The van der Waals surface area contributed by atoms with Crippen molar-refractivity contribution >= 4 is 23.5 Å². The fraction of sp³-hybridized carbons (Fsp3) is 0.263. The molecule has 2 aromatic carbocycles. The van der Waals surface area contributed by atoms with E-state index in [0.29, 0.717) is 22.3 Å². The monoisotopic (exact) mass is 391 g/mol. The molecule has 1 atom stereocenters. The molecule has 0 spiro atoms. The summed E-state index contributed by atoms with van der Waals surface area (Å²) in [6.07, 6.45) is 0. The third kappa shape index (κ3) is 4.43. The highest BCUT2D eigenvalue weighted by Gasteiger charge is 2.19. The molecular formula is C19H18ClNO6. The number of esters is 1. The highest BCUT2D eigenvalue weighted by Crippen LogP contribution is 2.34. The first kappa shape index (κ1) is 18.8. The molecule has 0 aromatic heterocycles. The first-order valence-electron chi connectivity index (χ1n) is 8.17. The predicted octanol–water partition coefficient (Wildman–Crippen LogP) is 3.11. The van der Waals surface area contributed by atoms with E-state index < -0.39 is 18.5 Å². The van der Waals surface area contributed by atoms with Crippen LogP contribution in [0.1, 0.15) is 28.9 Å². The summed E-state index contributed by atoms with van der Waals surface area (Å²) in [5, 5.41) is 3.13. The van der Waals surface area contributed by atoms with Crippen molar-refractivity contribution in [3.63, 3.8) is 0 Å². The van der Waals surface area contributed by atoms with E-state index in [9.17, 15) is 9.59 Å². The Bertz CT molecular complexity index is 869. The number of halogens is 1. The second-order valence-corrected chi connectivity index (χ2v) is 6.26. The van der Waals surface area contributed by atoms with E-state index in [1.54, 1.807) is 24.3 Å². The van der Waals surface area contributed by atoms with Crippen molar-refractivity contribution in [3.8, 4) is 17.2 Å². The standard InChI is InChI=1S/C19H18ClNO6/c1-11(12-3-5-16-17(7-12)27-10-26-16)21-18(22)9-25-19(23)14-8-13(20)4-6-15(14)24-2/h3-8,11H,9-10H2,1-2H3,(H,21,22)/t11-/m1/s1. The molecule has 0 saturated carbocycles. The lowest BCUT2D eigenvalue weighted by molar-refractivity contribution is -0.124. The van der Waals surface area contributed by atoms with Crippen LogP contribution in [-0.4, -0.2) is 32.4 Å². The summed E-state index contributed by atoms with van der Waals surface area (Å²) in [6.45, 7) is 1.57. The Kier molecular flexibility index (Phi) is 5.71. The van der Waals surface area contributed by atoms with Crippen LogP contribution >= 0.6 is 11.6 Å². The zero-order valence-corrected chi connectivity index (χ0v) is 15.5. The summed E-state index contributed by atoms with van der Waals surface area (Å²) in [5.74, 6) is 0.489. The molecule has 0 saturated heterocycles. The van der Waals surface area contributed by atoms with Crippen molar-refractivity contribution in [1.82, 2.24) is 5.32 Å². The maximum absolute atomic E-state index is 12.2. The summed E-state index contributed by atoms with van der Waals surface area (Å²) >= 11 is 5.90. The van der Waals surface area contributed by atoms with Crippen LogP contribution in [0.3, 0.4) is 0 Å². The zero-order valence-electron chi connectivity index (χ0n) is 14.8. The fourth-order valence-electron chi connectivity index (χ4n) is 2.60. The van der Waals surface area contributed by atoms with Crippen molar-refractivity contribution in [1.29, 1.82) is 0 Å². The Labute approximate surface area is 161 Å². The quantitative estimate of drug-likeness (QED) is 0.762. The molecular weight excluding hydrogens is 374 g/mol. The number of rotatable bonds is 6. The highest BCUT2D eigenvalue weighted by molar-refractivity contribution is 6.31. The van der Waals surface area contributed by atoms with Gasteiger partial charge in [0.2, 0.25) is 6.79 Å². The Balaban J connectivity index is 1.56. The summed E-state index contributed by atoms with van der Waals surface area (Å²) in [4.78, 5) is 24.3. The average molecular weight is 392 g/mol. The van der Waals surface area contributed by atoms with Gasteiger partial charge in [-0.25, -0.2) is 4.79 Å². The zero-order chi connectivity index (χ0) is 19.4. The van der Waals surface area contributed by atoms with Crippen LogP contribution in [0.4, 0.5) is 0 Å². The van der Waals surface area contributed by atoms with Gasteiger partial charge in [0, 0.05) is 5.02 Å². The lowest BCUT2D eigenvalue weighted by Crippen LogP contribution is -2.31. The Morgan fingerprint density at radius 2 is 1.96 bits per heavy atom. The maximum atomic E-state index is 12.2. The van der Waals surface area contributed by atoms with Gasteiger partial charge in [-0.1, -0.05) is 17.7 Å². The number of hydrogen-bond acceptors (Lipinski definition) is 6. The molecule has 142 valence electrons. The lowest BCUT2D eigenvalue weighted by Gasteiger charge is -2.15. The van der Waals surface area contributed by atoms with Gasteiger partial charge in [-0.2, -0.15) is 0 Å². The Morgan fingerprint density at radius 1 is 1.19 bits per heavy atom. The van der Waals surface area contributed by atoms with Crippen molar-refractivity contribution < 1.29 is 28.5 Å². The van der Waals surface area contributed by atoms with E-state index in [4.69, 9.17) is 30.5 Å². The van der Waals surface area contributed by atoms with Gasteiger partial charge in [0.05, 0.1) is 13.2 Å². The molecule has 27 heavy (non-hydrogen) atoms. The molecule has 0 fully saturated rings. The van der Waals surface area contributed by atoms with Crippen LogP contribution in [0, 0.1) is 0 Å². The minimum atomic E-state index is -0.694. The van der Waals surface area contributed by atoms with Crippen molar-refractivity contribution in [3.05, 3.63) is 52.5 Å². The third-order valence-electron chi connectivity index (χ3n) is 3.99. The number of hydrogen-bond donors (Lipinski definition) is 1. The van der Waals surface area contributed by atoms with Gasteiger partial charge >= 0.3 is 5.97 Å². The van der Waals surface area contributed by atoms with Gasteiger partial charge in [0.1, 0.15) is 11.3 Å². The fourth-order valence-corrected chi connectivity index (χ4v) is 2.77. The van der Waals surface area contributed by atoms with Crippen molar-refractivity contribution in [2.45, 2.75) is 13.0 Å². The molecule has 0 unspecified atom stereocenters. The number of benzene rings is 2. The van der Waals surface area contributed by atoms with E-state index in [-0.39, 0.29) is 18.4 Å². The molecule has 0 radical (unpaired) electrons. The topological polar surface area (TPSA) is 83.1 Å². The minimum absolute atomic E-state index is 0.154. The van der Waals surface area contributed by atoms with Crippen LogP contribution in [0.25, 0.3) is 0 Å². The van der Waals surface area contributed by atoms with Crippen LogP contribution in [0.2, 0.25) is 5.02 Å². The number of carbonyl (C=O) groups is 2. The van der Waals surface area contributed by atoms with Gasteiger partial charge < -0.3 is 24.3 Å². The second kappa shape index (κ2) is 8.18. The number of ether oxygens (including phenoxy) is 4. The molecule has 1 aliphatic rings. The maximum Gasteiger partial charge on any atom is 0.342 e. The number of nitrogens with one attached hydrogen (secondary N) is 1. The smallest absolute Gasteiger partial charge is 0.342 e. The molecule has 7 nitrogen and oxygen atoms in total. The minimum Gasteiger partial charge on any atom is -0.496 e. The molecule has 1 N–H and O–H groups in total. The van der Waals surface area contributed by atoms with E-state index in [0.717, 1.165) is 5.56 Å². The number of methoxy groups -OCH3 is 1. The molecule has 3 rings (SSSR count). The highest BCUT2D eigenvalue weighted by atomic mass is 35.5. The van der Waals surface area contributed by atoms with Crippen molar-refractivity contribution in [2.75, 3.05) is 20.5 Å². The van der Waals surface area contributed by atoms with E-state index >= 15 is 0 Å². The summed E-state index contributed by atoms with van der Waals surface area (Å²) < 4.78 is 20.8. The summed E-state index contributed by atoms with van der Waals surface area (Å²) in [5.41, 5.74) is 0.997.